The summed E-state index contributed by atoms with van der Waals surface area (Å²) in [5, 5.41) is 22.7. The molecule has 88 valence electrons. The van der Waals surface area contributed by atoms with E-state index in [1.165, 1.54) is 19.2 Å². The van der Waals surface area contributed by atoms with Crippen molar-refractivity contribution in [3.63, 3.8) is 0 Å². The lowest BCUT2D eigenvalue weighted by molar-refractivity contribution is -0.279. The van der Waals surface area contributed by atoms with Crippen LogP contribution >= 0.6 is 0 Å². The number of nitrogens with one attached hydrogen (secondary N) is 2. The Kier molecular flexibility index (Phi) is 4.56. The maximum atomic E-state index is 10.9. The van der Waals surface area contributed by atoms with Crippen LogP contribution in [-0.2, 0) is 4.89 Å². The zero-order valence-corrected chi connectivity index (χ0v) is 8.80. The highest BCUT2D eigenvalue weighted by Gasteiger charge is 2.12. The quantitative estimate of drug-likeness (QED) is 0.452. The standard InChI is InChI=1S/C10H14N2O4/c1-11-10(14)12-6-9(16-15)7-2-4-8(13)5-3-7/h2-5,9,13,15H,6H2,1H3,(H2,11,12,14). The third-order valence-electron chi connectivity index (χ3n) is 2.07. The third-order valence-corrected chi connectivity index (χ3v) is 2.07. The summed E-state index contributed by atoms with van der Waals surface area (Å²) in [6.45, 7) is 0.126. The van der Waals surface area contributed by atoms with Gasteiger partial charge >= 0.3 is 6.03 Å². The minimum absolute atomic E-state index is 0.125. The highest BCUT2D eigenvalue weighted by atomic mass is 17.1. The van der Waals surface area contributed by atoms with Crippen molar-refractivity contribution >= 4 is 6.03 Å². The Balaban J connectivity index is 2.60. The number of carbonyl (C=O) groups excluding carboxylic acids is 1. The second-order valence-corrected chi connectivity index (χ2v) is 3.15. The molecule has 0 aliphatic heterocycles. The van der Waals surface area contributed by atoms with E-state index in [0.29, 0.717) is 5.56 Å². The summed E-state index contributed by atoms with van der Waals surface area (Å²) in [7, 11) is 1.49. The van der Waals surface area contributed by atoms with Gasteiger partial charge in [-0.25, -0.2) is 9.68 Å². The van der Waals surface area contributed by atoms with E-state index in [2.05, 4.69) is 15.5 Å². The average molecular weight is 226 g/mol. The van der Waals surface area contributed by atoms with Crippen LogP contribution in [0, 0.1) is 0 Å². The molecule has 0 saturated carbocycles. The average Bonchev–Trinajstić information content (AvgIpc) is 2.31. The Morgan fingerprint density at radius 2 is 2.06 bits per heavy atom. The molecule has 1 rings (SSSR count). The number of hydrogen-bond donors (Lipinski definition) is 4. The van der Waals surface area contributed by atoms with Crippen LogP contribution in [0.1, 0.15) is 11.7 Å². The molecule has 0 fully saturated rings. The van der Waals surface area contributed by atoms with Gasteiger partial charge in [-0.3, -0.25) is 5.26 Å². The van der Waals surface area contributed by atoms with Gasteiger partial charge in [0.25, 0.3) is 0 Å². The molecule has 6 heteroatoms. The van der Waals surface area contributed by atoms with Crippen molar-refractivity contribution < 1.29 is 20.0 Å². The Morgan fingerprint density at radius 1 is 1.44 bits per heavy atom. The molecule has 0 aliphatic carbocycles. The molecule has 0 radical (unpaired) electrons. The van der Waals surface area contributed by atoms with E-state index in [-0.39, 0.29) is 18.3 Å². The van der Waals surface area contributed by atoms with Crippen LogP contribution in [-0.4, -0.2) is 30.0 Å². The summed E-state index contributed by atoms with van der Waals surface area (Å²) in [6.07, 6.45) is -0.669. The van der Waals surface area contributed by atoms with Crippen LogP contribution in [0.5, 0.6) is 5.75 Å². The summed E-state index contributed by atoms with van der Waals surface area (Å²) >= 11 is 0. The van der Waals surface area contributed by atoms with Crippen molar-refractivity contribution in [3.8, 4) is 5.75 Å². The van der Waals surface area contributed by atoms with Crippen LogP contribution in [0.3, 0.4) is 0 Å². The van der Waals surface area contributed by atoms with E-state index in [4.69, 9.17) is 10.4 Å². The second-order valence-electron chi connectivity index (χ2n) is 3.15. The monoisotopic (exact) mass is 226 g/mol. The normalized spacial score (nSPS) is 11.9. The predicted octanol–water partition coefficient (Wildman–Crippen LogP) is 0.852. The van der Waals surface area contributed by atoms with Gasteiger partial charge in [0.15, 0.2) is 0 Å². The van der Waals surface area contributed by atoms with Crippen LogP contribution in [0.15, 0.2) is 24.3 Å². The highest BCUT2D eigenvalue weighted by Crippen LogP contribution is 2.18. The first kappa shape index (κ1) is 12.3. The number of aromatic hydroxyl groups is 1. The van der Waals surface area contributed by atoms with Crippen LogP contribution in [0.25, 0.3) is 0 Å². The first-order valence-electron chi connectivity index (χ1n) is 4.72. The predicted molar refractivity (Wildman–Crippen MR) is 57.0 cm³/mol. The minimum atomic E-state index is -0.669. The van der Waals surface area contributed by atoms with E-state index in [1.54, 1.807) is 12.1 Å². The number of benzene rings is 1. The van der Waals surface area contributed by atoms with E-state index < -0.39 is 6.10 Å². The van der Waals surface area contributed by atoms with E-state index >= 15 is 0 Å². The molecule has 1 unspecified atom stereocenters. The van der Waals surface area contributed by atoms with Gasteiger partial charge in [-0.2, -0.15) is 0 Å². The summed E-state index contributed by atoms with van der Waals surface area (Å²) in [6, 6.07) is 5.78. The van der Waals surface area contributed by atoms with Crippen molar-refractivity contribution in [1.82, 2.24) is 10.6 Å². The van der Waals surface area contributed by atoms with Crippen molar-refractivity contribution in [2.24, 2.45) is 0 Å². The Hall–Kier alpha value is -1.79. The molecule has 1 aromatic carbocycles. The number of urea groups is 1. The molecule has 0 aliphatic rings. The van der Waals surface area contributed by atoms with Crippen molar-refractivity contribution in [3.05, 3.63) is 29.8 Å². The number of phenolic OH excluding ortho intramolecular Hbond substituents is 1. The number of phenols is 1. The van der Waals surface area contributed by atoms with Gasteiger partial charge in [-0.1, -0.05) is 12.1 Å². The molecular formula is C10H14N2O4. The fraction of sp³-hybridized carbons (Fsp3) is 0.300. The van der Waals surface area contributed by atoms with Crippen molar-refractivity contribution in [2.75, 3.05) is 13.6 Å². The number of rotatable bonds is 4. The molecule has 0 aromatic heterocycles. The molecule has 0 bridgehead atoms. The molecule has 4 N–H and O–H groups in total. The zero-order valence-electron chi connectivity index (χ0n) is 8.80. The summed E-state index contributed by atoms with van der Waals surface area (Å²) in [5.41, 5.74) is 0.650. The molecule has 0 spiro atoms. The molecule has 1 aromatic rings. The molecule has 2 amide bonds. The van der Waals surface area contributed by atoms with Gasteiger partial charge in [0.05, 0.1) is 6.54 Å². The Morgan fingerprint density at radius 3 is 2.56 bits per heavy atom. The molecule has 0 heterocycles. The van der Waals surface area contributed by atoms with Gasteiger partial charge in [0.2, 0.25) is 0 Å². The second kappa shape index (κ2) is 5.94. The van der Waals surface area contributed by atoms with Crippen LogP contribution < -0.4 is 10.6 Å². The van der Waals surface area contributed by atoms with Gasteiger partial charge in [-0.15, -0.1) is 0 Å². The van der Waals surface area contributed by atoms with Gasteiger partial charge in [0, 0.05) is 7.05 Å². The highest BCUT2D eigenvalue weighted by molar-refractivity contribution is 5.73. The first-order chi connectivity index (χ1) is 7.67. The smallest absolute Gasteiger partial charge is 0.314 e. The Bertz CT molecular complexity index is 339. The van der Waals surface area contributed by atoms with E-state index in [9.17, 15) is 4.79 Å². The van der Waals surface area contributed by atoms with E-state index in [0.717, 1.165) is 0 Å². The maximum Gasteiger partial charge on any atom is 0.314 e. The topological polar surface area (TPSA) is 90.8 Å². The lowest BCUT2D eigenvalue weighted by Crippen LogP contribution is -2.35. The zero-order chi connectivity index (χ0) is 12.0. The molecule has 0 saturated heterocycles. The molecular weight excluding hydrogens is 212 g/mol. The Labute approximate surface area is 92.8 Å². The lowest BCUT2D eigenvalue weighted by atomic mass is 10.1. The van der Waals surface area contributed by atoms with Gasteiger partial charge in [-0.05, 0) is 17.7 Å². The first-order valence-corrected chi connectivity index (χ1v) is 4.72. The van der Waals surface area contributed by atoms with Crippen molar-refractivity contribution in [1.29, 1.82) is 0 Å². The van der Waals surface area contributed by atoms with Crippen LogP contribution in [0.2, 0.25) is 0 Å². The third kappa shape index (κ3) is 3.41. The van der Waals surface area contributed by atoms with Crippen LogP contribution in [0.4, 0.5) is 4.79 Å². The molecule has 16 heavy (non-hydrogen) atoms. The number of hydrogen-bond acceptors (Lipinski definition) is 4. The van der Waals surface area contributed by atoms with Gasteiger partial charge < -0.3 is 15.7 Å². The summed E-state index contributed by atoms with van der Waals surface area (Å²) in [5.74, 6) is 0.125. The fourth-order valence-electron chi connectivity index (χ4n) is 1.18. The number of amides is 2. The maximum absolute atomic E-state index is 10.9. The molecule has 6 nitrogen and oxygen atoms in total. The van der Waals surface area contributed by atoms with Gasteiger partial charge in [0.1, 0.15) is 11.9 Å². The molecule has 1 atom stereocenters. The minimum Gasteiger partial charge on any atom is -0.508 e. The summed E-state index contributed by atoms with van der Waals surface area (Å²) in [4.78, 5) is 15.2. The summed E-state index contributed by atoms with van der Waals surface area (Å²) < 4.78 is 0. The fourth-order valence-corrected chi connectivity index (χ4v) is 1.18. The largest absolute Gasteiger partial charge is 0.508 e. The van der Waals surface area contributed by atoms with Crippen molar-refractivity contribution in [2.45, 2.75) is 6.10 Å². The van der Waals surface area contributed by atoms with E-state index in [1.807, 2.05) is 0 Å². The number of carbonyl (C=O) groups is 1. The SMILES string of the molecule is CNC(=O)NCC(OO)c1ccc(O)cc1. The lowest BCUT2D eigenvalue weighted by Gasteiger charge is -2.14.